The van der Waals surface area contributed by atoms with Crippen LogP contribution < -0.4 is 4.74 Å². The second-order valence-electron chi connectivity index (χ2n) is 5.37. The van der Waals surface area contributed by atoms with Crippen molar-refractivity contribution in [1.29, 1.82) is 0 Å². The minimum absolute atomic E-state index is 0.112. The van der Waals surface area contributed by atoms with Crippen molar-refractivity contribution in [1.82, 2.24) is 9.88 Å². The fourth-order valence-corrected chi connectivity index (χ4v) is 2.67. The molecule has 0 spiro atoms. The molecule has 1 N–H and O–H groups in total. The number of phenols is 1. The molecular weight excluding hydrogens is 268 g/mol. The van der Waals surface area contributed by atoms with Gasteiger partial charge in [-0.3, -0.25) is 4.90 Å². The zero-order valence-corrected chi connectivity index (χ0v) is 12.2. The van der Waals surface area contributed by atoms with Gasteiger partial charge in [-0.15, -0.1) is 0 Å². The van der Waals surface area contributed by atoms with Crippen molar-refractivity contribution in [3.8, 4) is 23.0 Å². The van der Waals surface area contributed by atoms with Gasteiger partial charge in [0.25, 0.3) is 0 Å². The first-order valence-corrected chi connectivity index (χ1v) is 7.30. The van der Waals surface area contributed by atoms with Crippen LogP contribution in [0.1, 0.15) is 25.0 Å². The standard InChI is InChI=1S/C16H20N2O3/c1-20-15-9-12(5-6-14(15)19)16-17-13(11-21-16)10-18-7-3-2-4-8-18/h5-6,9,11,19H,2-4,7-8,10H2,1H3. The number of ether oxygens (including phenoxy) is 1. The van der Waals surface area contributed by atoms with Crippen LogP contribution in [-0.2, 0) is 6.54 Å². The average Bonchev–Trinajstić information content (AvgIpc) is 2.97. The number of aromatic hydroxyl groups is 1. The highest BCUT2D eigenvalue weighted by Crippen LogP contribution is 2.31. The highest BCUT2D eigenvalue weighted by atomic mass is 16.5. The first-order chi connectivity index (χ1) is 10.3. The molecule has 0 saturated carbocycles. The number of oxazole rings is 1. The third-order valence-corrected chi connectivity index (χ3v) is 3.81. The molecule has 21 heavy (non-hydrogen) atoms. The molecular formula is C16H20N2O3. The summed E-state index contributed by atoms with van der Waals surface area (Å²) in [4.78, 5) is 6.94. The largest absolute Gasteiger partial charge is 0.504 e. The van der Waals surface area contributed by atoms with Gasteiger partial charge in [-0.05, 0) is 44.1 Å². The van der Waals surface area contributed by atoms with Crippen molar-refractivity contribution in [3.05, 3.63) is 30.2 Å². The first-order valence-electron chi connectivity index (χ1n) is 7.30. The van der Waals surface area contributed by atoms with Crippen LogP contribution in [0.5, 0.6) is 11.5 Å². The number of benzene rings is 1. The monoisotopic (exact) mass is 288 g/mol. The lowest BCUT2D eigenvalue weighted by molar-refractivity contribution is 0.218. The summed E-state index contributed by atoms with van der Waals surface area (Å²) < 4.78 is 10.7. The van der Waals surface area contributed by atoms with Crippen LogP contribution in [-0.4, -0.2) is 35.2 Å². The van der Waals surface area contributed by atoms with E-state index in [0.29, 0.717) is 11.6 Å². The van der Waals surface area contributed by atoms with E-state index in [1.54, 1.807) is 24.5 Å². The molecule has 5 nitrogen and oxygen atoms in total. The van der Waals surface area contributed by atoms with Crippen LogP contribution in [0.25, 0.3) is 11.5 Å². The third kappa shape index (κ3) is 3.19. The molecule has 3 rings (SSSR count). The first kappa shape index (κ1) is 13.9. The molecule has 1 fully saturated rings. The normalized spacial score (nSPS) is 16.0. The van der Waals surface area contributed by atoms with Crippen LogP contribution in [0, 0.1) is 0 Å². The second kappa shape index (κ2) is 6.18. The Morgan fingerprint density at radius 3 is 2.86 bits per heavy atom. The Morgan fingerprint density at radius 1 is 1.29 bits per heavy atom. The topological polar surface area (TPSA) is 58.7 Å². The average molecular weight is 288 g/mol. The molecule has 112 valence electrons. The van der Waals surface area contributed by atoms with Crippen molar-refractivity contribution in [3.63, 3.8) is 0 Å². The lowest BCUT2D eigenvalue weighted by Crippen LogP contribution is -2.29. The van der Waals surface area contributed by atoms with Crippen molar-refractivity contribution in [2.75, 3.05) is 20.2 Å². The van der Waals surface area contributed by atoms with Gasteiger partial charge in [0.05, 0.1) is 12.8 Å². The van der Waals surface area contributed by atoms with Crippen LogP contribution in [0.2, 0.25) is 0 Å². The van der Waals surface area contributed by atoms with Gasteiger partial charge in [0, 0.05) is 12.1 Å². The SMILES string of the molecule is COc1cc(-c2nc(CN3CCCCC3)co2)ccc1O. The summed E-state index contributed by atoms with van der Waals surface area (Å²) in [5, 5.41) is 9.62. The number of hydrogen-bond donors (Lipinski definition) is 1. The van der Waals surface area contributed by atoms with Gasteiger partial charge in [0.1, 0.15) is 6.26 Å². The Bertz CT molecular complexity index is 603. The predicted octanol–water partition coefficient (Wildman–Crippen LogP) is 3.04. The molecule has 0 radical (unpaired) electrons. The van der Waals surface area contributed by atoms with E-state index in [9.17, 15) is 5.11 Å². The van der Waals surface area contributed by atoms with Gasteiger partial charge in [-0.2, -0.15) is 0 Å². The molecule has 1 saturated heterocycles. The Morgan fingerprint density at radius 2 is 2.10 bits per heavy atom. The summed E-state index contributed by atoms with van der Waals surface area (Å²) in [7, 11) is 1.52. The number of hydrogen-bond acceptors (Lipinski definition) is 5. The van der Waals surface area contributed by atoms with Crippen molar-refractivity contribution in [2.45, 2.75) is 25.8 Å². The maximum absolute atomic E-state index is 9.62. The van der Waals surface area contributed by atoms with Gasteiger partial charge in [-0.25, -0.2) is 4.98 Å². The fraction of sp³-hybridized carbons (Fsp3) is 0.438. The molecule has 1 aromatic heterocycles. The minimum Gasteiger partial charge on any atom is -0.504 e. The number of rotatable bonds is 4. The fourth-order valence-electron chi connectivity index (χ4n) is 2.67. The van der Waals surface area contributed by atoms with E-state index in [2.05, 4.69) is 9.88 Å². The molecule has 2 heterocycles. The van der Waals surface area contributed by atoms with E-state index in [-0.39, 0.29) is 5.75 Å². The molecule has 1 aliphatic heterocycles. The quantitative estimate of drug-likeness (QED) is 0.937. The molecule has 1 aliphatic rings. The van der Waals surface area contributed by atoms with E-state index >= 15 is 0 Å². The molecule has 0 unspecified atom stereocenters. The molecule has 1 aromatic carbocycles. The molecule has 2 aromatic rings. The number of nitrogens with zero attached hydrogens (tertiary/aromatic N) is 2. The number of methoxy groups -OCH3 is 1. The zero-order valence-electron chi connectivity index (χ0n) is 12.2. The number of phenolic OH excluding ortho intramolecular Hbond substituents is 1. The van der Waals surface area contributed by atoms with E-state index in [1.165, 1.54) is 26.4 Å². The summed E-state index contributed by atoms with van der Waals surface area (Å²) in [5.74, 6) is 1.09. The number of aromatic nitrogens is 1. The molecule has 0 amide bonds. The smallest absolute Gasteiger partial charge is 0.226 e. The van der Waals surface area contributed by atoms with E-state index in [0.717, 1.165) is 30.9 Å². The summed E-state index contributed by atoms with van der Waals surface area (Å²) in [6.07, 6.45) is 5.57. The van der Waals surface area contributed by atoms with E-state index in [4.69, 9.17) is 9.15 Å². The Kier molecular flexibility index (Phi) is 4.10. The highest BCUT2D eigenvalue weighted by Gasteiger charge is 2.14. The van der Waals surface area contributed by atoms with Crippen LogP contribution in [0.15, 0.2) is 28.9 Å². The Hall–Kier alpha value is -2.01. The second-order valence-corrected chi connectivity index (χ2v) is 5.37. The van der Waals surface area contributed by atoms with Crippen molar-refractivity contribution < 1.29 is 14.3 Å². The zero-order chi connectivity index (χ0) is 14.7. The van der Waals surface area contributed by atoms with E-state index < -0.39 is 0 Å². The maximum Gasteiger partial charge on any atom is 0.226 e. The summed E-state index contributed by atoms with van der Waals surface area (Å²) in [5.41, 5.74) is 1.74. The minimum atomic E-state index is 0.112. The molecule has 0 atom stereocenters. The molecule has 5 heteroatoms. The van der Waals surface area contributed by atoms with Crippen molar-refractivity contribution in [2.24, 2.45) is 0 Å². The van der Waals surface area contributed by atoms with Crippen LogP contribution in [0.3, 0.4) is 0 Å². The Balaban J connectivity index is 1.74. The summed E-state index contributed by atoms with van der Waals surface area (Å²) in [6, 6.07) is 5.09. The highest BCUT2D eigenvalue weighted by molar-refractivity contribution is 5.59. The van der Waals surface area contributed by atoms with Gasteiger partial charge >= 0.3 is 0 Å². The van der Waals surface area contributed by atoms with Crippen molar-refractivity contribution >= 4 is 0 Å². The number of likely N-dealkylation sites (tertiary alicyclic amines) is 1. The van der Waals surface area contributed by atoms with Gasteiger partial charge in [-0.1, -0.05) is 6.42 Å². The van der Waals surface area contributed by atoms with E-state index in [1.807, 2.05) is 0 Å². The van der Waals surface area contributed by atoms with Crippen LogP contribution in [0.4, 0.5) is 0 Å². The third-order valence-electron chi connectivity index (χ3n) is 3.81. The van der Waals surface area contributed by atoms with Crippen LogP contribution >= 0.6 is 0 Å². The predicted molar refractivity (Wildman–Crippen MR) is 79.3 cm³/mol. The maximum atomic E-state index is 9.62. The Labute approximate surface area is 124 Å². The summed E-state index contributed by atoms with van der Waals surface area (Å²) in [6.45, 7) is 3.10. The van der Waals surface area contributed by atoms with Gasteiger partial charge in [0.2, 0.25) is 5.89 Å². The molecule has 0 aliphatic carbocycles. The van der Waals surface area contributed by atoms with Gasteiger partial charge in [0.15, 0.2) is 11.5 Å². The number of piperidine rings is 1. The lowest BCUT2D eigenvalue weighted by Gasteiger charge is -2.25. The molecule has 0 bridgehead atoms. The van der Waals surface area contributed by atoms with Gasteiger partial charge < -0.3 is 14.3 Å². The summed E-state index contributed by atoms with van der Waals surface area (Å²) >= 11 is 0. The lowest BCUT2D eigenvalue weighted by atomic mass is 10.1.